The van der Waals surface area contributed by atoms with Crippen LogP contribution in [0.4, 0.5) is 0 Å². The lowest BCUT2D eigenvalue weighted by Crippen LogP contribution is -2.67. The second-order valence-electron chi connectivity index (χ2n) is 8.63. The van der Waals surface area contributed by atoms with E-state index in [4.69, 9.17) is 4.43 Å². The fourth-order valence-corrected chi connectivity index (χ4v) is 8.59. The molecule has 2 aromatic rings. The van der Waals surface area contributed by atoms with E-state index in [0.717, 1.165) is 0 Å². The monoisotopic (exact) mass is 394 g/mol. The van der Waals surface area contributed by atoms with E-state index in [9.17, 15) is 5.11 Å². The second-order valence-corrected chi connectivity index (χ2v) is 12.9. The average Bonchev–Trinajstić information content (AvgIpc) is 2.68. The lowest BCUT2D eigenvalue weighted by atomic mass is 9.94. The van der Waals surface area contributed by atoms with Crippen LogP contribution in [0.5, 0.6) is 0 Å². The Hall–Kier alpha value is -1.86. The highest BCUT2D eigenvalue weighted by atomic mass is 28.4. The molecule has 0 heterocycles. The van der Waals surface area contributed by atoms with Crippen LogP contribution in [0, 0.1) is 23.7 Å². The molecule has 0 aromatic heterocycles. The smallest absolute Gasteiger partial charge is 0.261 e. The molecule has 2 rings (SSSR count). The Labute approximate surface area is 172 Å². The van der Waals surface area contributed by atoms with Gasteiger partial charge in [-0.1, -0.05) is 94.3 Å². The number of aliphatic hydroxyl groups excluding tert-OH is 1. The molecule has 2 aromatic carbocycles. The maximum absolute atomic E-state index is 10.7. The zero-order valence-electron chi connectivity index (χ0n) is 18.1. The number of hydrogen-bond donors (Lipinski definition) is 1. The summed E-state index contributed by atoms with van der Waals surface area (Å²) in [5.41, 5.74) is 0. The highest BCUT2D eigenvalue weighted by Gasteiger charge is 2.50. The van der Waals surface area contributed by atoms with Crippen LogP contribution in [-0.4, -0.2) is 26.1 Å². The van der Waals surface area contributed by atoms with Crippen molar-refractivity contribution in [2.75, 3.05) is 6.61 Å². The van der Waals surface area contributed by atoms with Crippen molar-refractivity contribution in [1.82, 2.24) is 0 Å². The quantitative estimate of drug-likeness (QED) is 0.563. The van der Waals surface area contributed by atoms with Crippen LogP contribution < -0.4 is 10.4 Å². The predicted molar refractivity (Wildman–Crippen MR) is 121 cm³/mol. The summed E-state index contributed by atoms with van der Waals surface area (Å²) >= 11 is 0. The lowest BCUT2D eigenvalue weighted by molar-refractivity contribution is 0.0576. The van der Waals surface area contributed by atoms with Crippen molar-refractivity contribution in [3.63, 3.8) is 0 Å². The van der Waals surface area contributed by atoms with Gasteiger partial charge in [-0.3, -0.25) is 0 Å². The van der Waals surface area contributed by atoms with E-state index < -0.39 is 14.4 Å². The summed E-state index contributed by atoms with van der Waals surface area (Å²) in [6.07, 6.45) is -0.509. The van der Waals surface area contributed by atoms with Crippen LogP contribution in [0.2, 0.25) is 5.04 Å². The Morgan fingerprint density at radius 2 is 1.39 bits per heavy atom. The van der Waals surface area contributed by atoms with Gasteiger partial charge in [0.25, 0.3) is 8.32 Å². The highest BCUT2D eigenvalue weighted by molar-refractivity contribution is 6.99. The number of hydrogen-bond acceptors (Lipinski definition) is 2. The van der Waals surface area contributed by atoms with Crippen molar-refractivity contribution in [1.29, 1.82) is 0 Å². The first-order chi connectivity index (χ1) is 13.2. The van der Waals surface area contributed by atoms with Gasteiger partial charge in [0.15, 0.2) is 0 Å². The molecule has 3 atom stereocenters. The van der Waals surface area contributed by atoms with Gasteiger partial charge in [0.1, 0.15) is 0 Å². The van der Waals surface area contributed by atoms with Gasteiger partial charge in [0, 0.05) is 18.4 Å². The van der Waals surface area contributed by atoms with Crippen LogP contribution in [0.1, 0.15) is 41.5 Å². The summed E-state index contributed by atoms with van der Waals surface area (Å²) in [6.45, 7) is 13.1. The summed E-state index contributed by atoms with van der Waals surface area (Å²) in [5.74, 6) is 5.91. The van der Waals surface area contributed by atoms with Crippen molar-refractivity contribution < 1.29 is 9.53 Å². The standard InChI is InChI=1S/C25H34O2Si/c1-7-14-20(2)24(26)21(3)19-27-28(25(4,5)6,22-15-10-8-11-16-22)23-17-12-9-13-18-23/h8-13,15-18,20-21,24,26H,19H2,1-6H3/t20-,21-,24-/m1/s1. The van der Waals surface area contributed by atoms with Gasteiger partial charge >= 0.3 is 0 Å². The Kier molecular flexibility index (Phi) is 7.66. The van der Waals surface area contributed by atoms with Crippen molar-refractivity contribution >= 4 is 18.7 Å². The Balaban J connectivity index is 2.46. The van der Waals surface area contributed by atoms with Crippen LogP contribution in [-0.2, 0) is 4.43 Å². The summed E-state index contributed by atoms with van der Waals surface area (Å²) in [4.78, 5) is 0. The van der Waals surface area contributed by atoms with Crippen LogP contribution in [0.3, 0.4) is 0 Å². The maximum Gasteiger partial charge on any atom is 0.261 e. The fourth-order valence-electron chi connectivity index (χ4n) is 3.92. The summed E-state index contributed by atoms with van der Waals surface area (Å²) in [6, 6.07) is 21.2. The van der Waals surface area contributed by atoms with Gasteiger partial charge in [-0.2, -0.15) is 0 Å². The van der Waals surface area contributed by atoms with Crippen molar-refractivity contribution in [3.8, 4) is 11.8 Å². The van der Waals surface area contributed by atoms with E-state index in [1.807, 2.05) is 26.0 Å². The normalized spacial score (nSPS) is 15.2. The fraction of sp³-hybridized carbons (Fsp3) is 0.440. The predicted octanol–water partition coefficient (Wildman–Crippen LogP) is 4.22. The topological polar surface area (TPSA) is 29.5 Å². The maximum atomic E-state index is 10.7. The SMILES string of the molecule is CC#C[C@@H](C)[C@@H](O)[C@H](C)CO[Si](c1ccccc1)(c1ccccc1)C(C)(C)C. The molecule has 0 aliphatic rings. The number of aliphatic hydroxyl groups is 1. The van der Waals surface area contributed by atoms with Crippen LogP contribution in [0.25, 0.3) is 0 Å². The van der Waals surface area contributed by atoms with Gasteiger partial charge in [0.2, 0.25) is 0 Å². The minimum absolute atomic E-state index is 0.00232. The molecule has 28 heavy (non-hydrogen) atoms. The molecule has 0 saturated heterocycles. The average molecular weight is 395 g/mol. The van der Waals surface area contributed by atoms with Crippen molar-refractivity contribution in [2.45, 2.75) is 52.7 Å². The minimum Gasteiger partial charge on any atom is -0.407 e. The Morgan fingerprint density at radius 3 is 1.79 bits per heavy atom. The van der Waals surface area contributed by atoms with E-state index in [1.54, 1.807) is 0 Å². The van der Waals surface area contributed by atoms with E-state index in [-0.39, 0.29) is 16.9 Å². The zero-order chi connectivity index (χ0) is 20.8. The van der Waals surface area contributed by atoms with Crippen molar-refractivity contribution in [3.05, 3.63) is 60.7 Å². The third-order valence-corrected chi connectivity index (χ3v) is 10.5. The third-order valence-electron chi connectivity index (χ3n) is 5.45. The molecule has 3 heteroatoms. The first-order valence-corrected chi connectivity index (χ1v) is 12.0. The molecule has 0 radical (unpaired) electrons. The molecular weight excluding hydrogens is 360 g/mol. The van der Waals surface area contributed by atoms with Gasteiger partial charge in [-0.05, 0) is 29.3 Å². The molecule has 0 aliphatic heterocycles. The van der Waals surface area contributed by atoms with Gasteiger partial charge in [-0.25, -0.2) is 0 Å². The minimum atomic E-state index is -2.56. The Morgan fingerprint density at radius 1 is 0.929 bits per heavy atom. The second kappa shape index (κ2) is 9.56. The highest BCUT2D eigenvalue weighted by Crippen LogP contribution is 2.37. The van der Waals surface area contributed by atoms with Gasteiger partial charge < -0.3 is 9.53 Å². The number of benzene rings is 2. The van der Waals surface area contributed by atoms with Crippen LogP contribution in [0.15, 0.2) is 60.7 Å². The third kappa shape index (κ3) is 4.75. The molecule has 0 saturated carbocycles. The van der Waals surface area contributed by atoms with Gasteiger partial charge in [-0.15, -0.1) is 5.92 Å². The van der Waals surface area contributed by atoms with Gasteiger partial charge in [0.05, 0.1) is 6.10 Å². The lowest BCUT2D eigenvalue weighted by Gasteiger charge is -2.44. The molecule has 0 spiro atoms. The van der Waals surface area contributed by atoms with E-state index in [1.165, 1.54) is 10.4 Å². The first kappa shape index (κ1) is 22.4. The van der Waals surface area contributed by atoms with E-state index in [2.05, 4.69) is 88.1 Å². The molecule has 0 fully saturated rings. The molecule has 2 nitrogen and oxygen atoms in total. The zero-order valence-corrected chi connectivity index (χ0v) is 19.1. The van der Waals surface area contributed by atoms with Crippen LogP contribution >= 0.6 is 0 Å². The van der Waals surface area contributed by atoms with E-state index >= 15 is 0 Å². The number of rotatable bonds is 7. The molecular formula is C25H34O2Si. The summed E-state index contributed by atoms with van der Waals surface area (Å²) in [7, 11) is -2.56. The molecule has 1 N–H and O–H groups in total. The van der Waals surface area contributed by atoms with E-state index in [0.29, 0.717) is 6.61 Å². The molecule has 0 bridgehead atoms. The molecule has 0 unspecified atom stereocenters. The summed E-state index contributed by atoms with van der Waals surface area (Å²) < 4.78 is 6.91. The molecule has 0 aliphatic carbocycles. The molecule has 0 amide bonds. The first-order valence-electron chi connectivity index (χ1n) is 10.1. The van der Waals surface area contributed by atoms with Crippen molar-refractivity contribution in [2.24, 2.45) is 11.8 Å². The largest absolute Gasteiger partial charge is 0.407 e. The Bertz CT molecular complexity index is 745. The molecule has 150 valence electrons. The summed E-state index contributed by atoms with van der Waals surface area (Å²) in [5, 5.41) is 13.2.